The molecule has 5 heteroatoms. The zero-order chi connectivity index (χ0) is 14.0. The van der Waals surface area contributed by atoms with Crippen LogP contribution < -0.4 is 10.1 Å². The Kier molecular flexibility index (Phi) is 3.96. The fourth-order valence-electron chi connectivity index (χ4n) is 1.23. The van der Waals surface area contributed by atoms with Crippen LogP contribution in [-0.4, -0.2) is 34.2 Å². The number of nitrogens with zero attached hydrogens (tertiary/aromatic N) is 1. The molecule has 0 atom stereocenters. The predicted molar refractivity (Wildman–Crippen MR) is 68.6 cm³/mol. The van der Waals surface area contributed by atoms with Crippen LogP contribution in [0.25, 0.3) is 0 Å². The molecule has 2 N–H and O–H groups in total. The number of ether oxygens (including phenoxy) is 1. The molecule has 1 heterocycles. The topological polar surface area (TPSA) is 71.5 Å². The third-order valence-corrected chi connectivity index (χ3v) is 3.16. The normalized spacial score (nSPS) is 12.1. The third kappa shape index (κ3) is 2.98. The Morgan fingerprint density at radius 2 is 2.00 bits per heavy atom. The highest BCUT2D eigenvalue weighted by Gasteiger charge is 2.37. The molecule has 0 aromatic carbocycles. The van der Waals surface area contributed by atoms with Gasteiger partial charge in [0.05, 0.1) is 18.2 Å². The van der Waals surface area contributed by atoms with E-state index in [0.29, 0.717) is 5.56 Å². The number of carbonyl (C=O) groups excluding carboxylic acids is 1. The van der Waals surface area contributed by atoms with Gasteiger partial charge in [-0.25, -0.2) is 4.98 Å². The largest absolute Gasteiger partial charge is 0.480 e. The molecular formula is C13H20N2O3. The van der Waals surface area contributed by atoms with E-state index in [1.165, 1.54) is 7.11 Å². The molecule has 1 rings (SSSR count). The van der Waals surface area contributed by atoms with Gasteiger partial charge in [-0.1, -0.05) is 0 Å². The van der Waals surface area contributed by atoms with Crippen molar-refractivity contribution >= 4 is 5.91 Å². The average Bonchev–Trinajstić information content (AvgIpc) is 2.26. The molecular weight excluding hydrogens is 232 g/mol. The lowest BCUT2D eigenvalue weighted by atomic mass is 9.86. The van der Waals surface area contributed by atoms with Crippen LogP contribution in [0, 0.1) is 0 Å². The van der Waals surface area contributed by atoms with Gasteiger partial charge in [0, 0.05) is 6.20 Å². The van der Waals surface area contributed by atoms with Gasteiger partial charge in [0.1, 0.15) is 5.56 Å². The summed E-state index contributed by atoms with van der Waals surface area (Å²) in [5.41, 5.74) is -1.47. The summed E-state index contributed by atoms with van der Waals surface area (Å²) in [6.07, 6.45) is 1.55. The number of hydrogen-bond acceptors (Lipinski definition) is 4. The fourth-order valence-corrected chi connectivity index (χ4v) is 1.23. The smallest absolute Gasteiger partial charge is 0.257 e. The van der Waals surface area contributed by atoms with E-state index in [9.17, 15) is 9.90 Å². The van der Waals surface area contributed by atoms with Gasteiger partial charge < -0.3 is 15.2 Å². The van der Waals surface area contributed by atoms with Crippen LogP contribution in [0.3, 0.4) is 0 Å². The summed E-state index contributed by atoms with van der Waals surface area (Å²) in [5, 5.41) is 12.8. The van der Waals surface area contributed by atoms with Crippen molar-refractivity contribution in [3.05, 3.63) is 23.9 Å². The summed E-state index contributed by atoms with van der Waals surface area (Å²) < 4.78 is 5.03. The zero-order valence-electron chi connectivity index (χ0n) is 11.4. The van der Waals surface area contributed by atoms with Crippen LogP contribution in [0.4, 0.5) is 0 Å². The van der Waals surface area contributed by atoms with E-state index in [1.54, 1.807) is 46.0 Å². The van der Waals surface area contributed by atoms with E-state index in [-0.39, 0.29) is 11.8 Å². The quantitative estimate of drug-likeness (QED) is 0.849. The molecule has 1 aromatic rings. The Labute approximate surface area is 107 Å². The van der Waals surface area contributed by atoms with E-state index in [0.717, 1.165) is 0 Å². The van der Waals surface area contributed by atoms with Gasteiger partial charge in [0.15, 0.2) is 0 Å². The number of aliphatic hydroxyl groups is 1. The van der Waals surface area contributed by atoms with Crippen molar-refractivity contribution in [2.45, 2.75) is 38.8 Å². The minimum absolute atomic E-state index is 0.265. The zero-order valence-corrected chi connectivity index (χ0v) is 11.4. The van der Waals surface area contributed by atoms with Crippen LogP contribution in [0.1, 0.15) is 38.1 Å². The van der Waals surface area contributed by atoms with Crippen molar-refractivity contribution < 1.29 is 14.6 Å². The molecule has 0 saturated heterocycles. The SMILES string of the molecule is COc1ncccc1C(=O)NC(C)(C)C(C)(C)O. The summed E-state index contributed by atoms with van der Waals surface area (Å²) in [5.74, 6) is -0.0615. The molecule has 0 bridgehead atoms. The summed E-state index contributed by atoms with van der Waals surface area (Å²) in [6.45, 7) is 6.81. The molecule has 0 unspecified atom stereocenters. The minimum Gasteiger partial charge on any atom is -0.480 e. The van der Waals surface area contributed by atoms with Crippen LogP contribution in [0.5, 0.6) is 5.88 Å². The Hall–Kier alpha value is -1.62. The van der Waals surface area contributed by atoms with Gasteiger partial charge in [-0.15, -0.1) is 0 Å². The molecule has 5 nitrogen and oxygen atoms in total. The van der Waals surface area contributed by atoms with Crippen molar-refractivity contribution in [2.75, 3.05) is 7.11 Å². The number of pyridine rings is 1. The van der Waals surface area contributed by atoms with Gasteiger partial charge in [-0.3, -0.25) is 4.79 Å². The van der Waals surface area contributed by atoms with Crippen molar-refractivity contribution in [2.24, 2.45) is 0 Å². The summed E-state index contributed by atoms with van der Waals surface area (Å²) in [7, 11) is 1.46. The Bertz CT molecular complexity index is 436. The molecule has 0 spiro atoms. The second-order valence-electron chi connectivity index (χ2n) is 5.20. The number of carbonyl (C=O) groups is 1. The number of methoxy groups -OCH3 is 1. The molecule has 18 heavy (non-hydrogen) atoms. The lowest BCUT2D eigenvalue weighted by Gasteiger charge is -2.38. The molecule has 0 radical (unpaired) electrons. The summed E-state index contributed by atoms with van der Waals surface area (Å²) in [6, 6.07) is 3.29. The van der Waals surface area contributed by atoms with Crippen LogP contribution in [0.2, 0.25) is 0 Å². The number of aromatic nitrogens is 1. The standard InChI is InChI=1S/C13H20N2O3/c1-12(2,13(3,4)17)15-10(16)9-7-6-8-14-11(9)18-5/h6-8,17H,1-5H3,(H,15,16). The Balaban J connectivity index is 2.96. The molecule has 100 valence electrons. The van der Waals surface area contributed by atoms with Crippen molar-refractivity contribution in [3.63, 3.8) is 0 Å². The lowest BCUT2D eigenvalue weighted by Crippen LogP contribution is -2.57. The van der Waals surface area contributed by atoms with Crippen LogP contribution >= 0.6 is 0 Å². The van der Waals surface area contributed by atoms with E-state index in [4.69, 9.17) is 4.74 Å². The molecule has 1 amide bonds. The van der Waals surface area contributed by atoms with Crippen LogP contribution in [-0.2, 0) is 0 Å². The highest BCUT2D eigenvalue weighted by molar-refractivity contribution is 5.96. The lowest BCUT2D eigenvalue weighted by molar-refractivity contribution is -0.00299. The molecule has 0 saturated carbocycles. The minimum atomic E-state index is -1.04. The van der Waals surface area contributed by atoms with Crippen molar-refractivity contribution in [1.29, 1.82) is 0 Å². The maximum atomic E-state index is 12.1. The van der Waals surface area contributed by atoms with Crippen molar-refractivity contribution in [3.8, 4) is 5.88 Å². The van der Waals surface area contributed by atoms with Gasteiger partial charge in [0.25, 0.3) is 5.91 Å². The molecule has 0 aliphatic carbocycles. The van der Waals surface area contributed by atoms with Crippen molar-refractivity contribution in [1.82, 2.24) is 10.3 Å². The molecule has 1 aromatic heterocycles. The molecule has 0 aliphatic heterocycles. The maximum absolute atomic E-state index is 12.1. The molecule has 0 aliphatic rings. The first-order chi connectivity index (χ1) is 8.19. The molecule has 0 fully saturated rings. The van der Waals surface area contributed by atoms with E-state index < -0.39 is 11.1 Å². The first-order valence-corrected chi connectivity index (χ1v) is 5.73. The second kappa shape index (κ2) is 4.94. The highest BCUT2D eigenvalue weighted by Crippen LogP contribution is 2.22. The van der Waals surface area contributed by atoms with Gasteiger partial charge in [-0.05, 0) is 39.8 Å². The van der Waals surface area contributed by atoms with Gasteiger partial charge >= 0.3 is 0 Å². The predicted octanol–water partition coefficient (Wildman–Crippen LogP) is 1.37. The second-order valence-corrected chi connectivity index (χ2v) is 5.20. The van der Waals surface area contributed by atoms with E-state index in [2.05, 4.69) is 10.3 Å². The number of hydrogen-bond donors (Lipinski definition) is 2. The fraction of sp³-hybridized carbons (Fsp3) is 0.538. The highest BCUT2D eigenvalue weighted by atomic mass is 16.5. The Morgan fingerprint density at radius 1 is 1.39 bits per heavy atom. The number of amides is 1. The summed E-state index contributed by atoms with van der Waals surface area (Å²) in [4.78, 5) is 16.1. The van der Waals surface area contributed by atoms with Gasteiger partial charge in [0.2, 0.25) is 5.88 Å². The number of rotatable bonds is 4. The first-order valence-electron chi connectivity index (χ1n) is 5.73. The Morgan fingerprint density at radius 3 is 2.50 bits per heavy atom. The monoisotopic (exact) mass is 252 g/mol. The van der Waals surface area contributed by atoms with E-state index >= 15 is 0 Å². The van der Waals surface area contributed by atoms with E-state index in [1.807, 2.05) is 0 Å². The maximum Gasteiger partial charge on any atom is 0.257 e. The number of nitrogens with one attached hydrogen (secondary N) is 1. The van der Waals surface area contributed by atoms with Gasteiger partial charge in [-0.2, -0.15) is 0 Å². The average molecular weight is 252 g/mol. The third-order valence-electron chi connectivity index (χ3n) is 3.16. The summed E-state index contributed by atoms with van der Waals surface area (Å²) >= 11 is 0. The first kappa shape index (κ1) is 14.4. The van der Waals surface area contributed by atoms with Crippen LogP contribution in [0.15, 0.2) is 18.3 Å².